The van der Waals surface area contributed by atoms with Crippen LogP contribution in [0.2, 0.25) is 0 Å². The predicted octanol–water partition coefficient (Wildman–Crippen LogP) is 3.12. The van der Waals surface area contributed by atoms with E-state index in [2.05, 4.69) is 0 Å². The monoisotopic (exact) mass is 220 g/mol. The molecule has 0 saturated carbocycles. The highest BCUT2D eigenvalue weighted by Crippen LogP contribution is 2.38. The molecule has 1 rings (SSSR count). The highest BCUT2D eigenvalue weighted by atomic mass is 19.4. The van der Waals surface area contributed by atoms with Crippen molar-refractivity contribution >= 4 is 0 Å². The molecule has 2 nitrogen and oxygen atoms in total. The number of alkyl halides is 3. The maximum absolute atomic E-state index is 12.5. The first kappa shape index (κ1) is 11.7. The van der Waals surface area contributed by atoms with E-state index in [0.29, 0.717) is 0 Å². The highest BCUT2D eigenvalue weighted by Gasteiger charge is 2.34. The van der Waals surface area contributed by atoms with Crippen LogP contribution in [0.5, 0.6) is 11.5 Å². The van der Waals surface area contributed by atoms with Crippen LogP contribution in [0.15, 0.2) is 12.1 Å². The second-order valence-corrected chi connectivity index (χ2v) is 3.05. The van der Waals surface area contributed by atoms with Gasteiger partial charge in [0, 0.05) is 11.6 Å². The highest BCUT2D eigenvalue weighted by molar-refractivity contribution is 5.46. The molecule has 0 fully saturated rings. The van der Waals surface area contributed by atoms with E-state index in [1.54, 1.807) is 6.92 Å². The fourth-order valence-corrected chi connectivity index (χ4v) is 1.22. The zero-order valence-electron chi connectivity index (χ0n) is 8.35. The summed E-state index contributed by atoms with van der Waals surface area (Å²) >= 11 is 0. The fraction of sp³-hybridized carbons (Fsp3) is 0.400. The van der Waals surface area contributed by atoms with Gasteiger partial charge in [0.15, 0.2) is 0 Å². The number of halogens is 3. The molecule has 1 N–H and O–H groups in total. The van der Waals surface area contributed by atoms with Crippen molar-refractivity contribution in [3.05, 3.63) is 23.3 Å². The van der Waals surface area contributed by atoms with E-state index in [0.717, 1.165) is 6.07 Å². The first-order valence-corrected chi connectivity index (χ1v) is 4.40. The number of phenolic OH excluding ortho intramolecular Hbond substituents is 1. The standard InChI is InChI=1S/C10H11F3O2/c1-3-15-7-4-8(10(11,12)13)6(2)9(14)5-7/h4-5,14H,3H2,1-2H3. The molecular formula is C10H11F3O2. The van der Waals surface area contributed by atoms with Crippen LogP contribution in [0.25, 0.3) is 0 Å². The average molecular weight is 220 g/mol. The summed E-state index contributed by atoms with van der Waals surface area (Å²) in [6.07, 6.45) is -4.48. The fourth-order valence-electron chi connectivity index (χ4n) is 1.22. The number of rotatable bonds is 2. The van der Waals surface area contributed by atoms with E-state index in [4.69, 9.17) is 4.74 Å². The molecular weight excluding hydrogens is 209 g/mol. The molecule has 0 bridgehead atoms. The Hall–Kier alpha value is -1.39. The molecule has 0 aliphatic rings. The summed E-state index contributed by atoms with van der Waals surface area (Å²) in [5.41, 5.74) is -1.06. The summed E-state index contributed by atoms with van der Waals surface area (Å²) in [7, 11) is 0. The second-order valence-electron chi connectivity index (χ2n) is 3.05. The van der Waals surface area contributed by atoms with Crippen molar-refractivity contribution < 1.29 is 23.0 Å². The SMILES string of the molecule is CCOc1cc(O)c(C)c(C(F)(F)F)c1. The summed E-state index contributed by atoms with van der Waals surface area (Å²) in [6.45, 7) is 3.12. The van der Waals surface area contributed by atoms with Crippen LogP contribution < -0.4 is 4.74 Å². The van der Waals surface area contributed by atoms with E-state index < -0.39 is 17.5 Å². The summed E-state index contributed by atoms with van der Waals surface area (Å²) in [6, 6.07) is 2.06. The van der Waals surface area contributed by atoms with Crippen molar-refractivity contribution in [3.63, 3.8) is 0 Å². The Balaban J connectivity index is 3.25. The predicted molar refractivity (Wildman–Crippen MR) is 49.0 cm³/mol. The lowest BCUT2D eigenvalue weighted by atomic mass is 10.1. The van der Waals surface area contributed by atoms with E-state index in [1.165, 1.54) is 13.0 Å². The van der Waals surface area contributed by atoms with E-state index >= 15 is 0 Å². The average Bonchev–Trinajstić information content (AvgIpc) is 2.09. The molecule has 1 aromatic rings. The molecule has 5 heteroatoms. The van der Waals surface area contributed by atoms with E-state index in [9.17, 15) is 18.3 Å². The van der Waals surface area contributed by atoms with Crippen molar-refractivity contribution in [2.24, 2.45) is 0 Å². The van der Waals surface area contributed by atoms with Crippen LogP contribution in [-0.2, 0) is 6.18 Å². The van der Waals surface area contributed by atoms with E-state index in [1.807, 2.05) is 0 Å². The van der Waals surface area contributed by atoms with Crippen LogP contribution in [0, 0.1) is 6.92 Å². The normalized spacial score (nSPS) is 11.5. The molecule has 0 aliphatic carbocycles. The molecule has 0 aliphatic heterocycles. The van der Waals surface area contributed by atoms with Crippen molar-refractivity contribution in [1.29, 1.82) is 0 Å². The summed E-state index contributed by atoms with van der Waals surface area (Å²) in [5, 5.41) is 9.29. The zero-order valence-corrected chi connectivity index (χ0v) is 8.35. The van der Waals surface area contributed by atoms with Gasteiger partial charge in [-0.3, -0.25) is 0 Å². The minimum absolute atomic E-state index is 0.0212. The molecule has 0 unspecified atom stereocenters. The lowest BCUT2D eigenvalue weighted by Gasteiger charge is -2.13. The van der Waals surface area contributed by atoms with Crippen molar-refractivity contribution in [1.82, 2.24) is 0 Å². The van der Waals surface area contributed by atoms with Gasteiger partial charge in [-0.05, 0) is 19.9 Å². The molecule has 0 amide bonds. The smallest absolute Gasteiger partial charge is 0.416 e. The number of hydrogen-bond donors (Lipinski definition) is 1. The van der Waals surface area contributed by atoms with Crippen molar-refractivity contribution in [2.45, 2.75) is 20.0 Å². The van der Waals surface area contributed by atoms with Crippen LogP contribution in [-0.4, -0.2) is 11.7 Å². The van der Waals surface area contributed by atoms with Crippen LogP contribution in [0.1, 0.15) is 18.1 Å². The molecule has 0 heterocycles. The summed E-state index contributed by atoms with van der Waals surface area (Å²) < 4.78 is 42.4. The van der Waals surface area contributed by atoms with Crippen LogP contribution in [0.4, 0.5) is 13.2 Å². The Morgan fingerprint density at radius 1 is 1.33 bits per heavy atom. The van der Waals surface area contributed by atoms with Crippen molar-refractivity contribution in [2.75, 3.05) is 6.61 Å². The van der Waals surface area contributed by atoms with Gasteiger partial charge in [-0.25, -0.2) is 0 Å². The first-order chi connectivity index (χ1) is 6.86. The minimum Gasteiger partial charge on any atom is -0.508 e. The quantitative estimate of drug-likeness (QED) is 0.829. The lowest BCUT2D eigenvalue weighted by molar-refractivity contribution is -0.138. The lowest BCUT2D eigenvalue weighted by Crippen LogP contribution is -2.08. The van der Waals surface area contributed by atoms with Gasteiger partial charge < -0.3 is 9.84 Å². The number of ether oxygens (including phenoxy) is 1. The maximum atomic E-state index is 12.5. The Kier molecular flexibility index (Phi) is 3.12. The molecule has 0 spiro atoms. The van der Waals surface area contributed by atoms with E-state index in [-0.39, 0.29) is 17.9 Å². The third-order valence-electron chi connectivity index (χ3n) is 1.97. The Bertz CT molecular complexity index is 358. The second kappa shape index (κ2) is 4.00. The number of hydrogen-bond acceptors (Lipinski definition) is 2. The third-order valence-corrected chi connectivity index (χ3v) is 1.97. The molecule has 0 radical (unpaired) electrons. The minimum atomic E-state index is -4.48. The summed E-state index contributed by atoms with van der Waals surface area (Å²) in [5.74, 6) is -0.388. The van der Waals surface area contributed by atoms with Gasteiger partial charge in [0.25, 0.3) is 0 Å². The zero-order chi connectivity index (χ0) is 11.6. The number of phenols is 1. The first-order valence-electron chi connectivity index (χ1n) is 4.40. The molecule has 0 saturated heterocycles. The molecule has 84 valence electrons. The van der Waals surface area contributed by atoms with Gasteiger partial charge in [-0.15, -0.1) is 0 Å². The van der Waals surface area contributed by atoms with Gasteiger partial charge in [0.05, 0.1) is 12.2 Å². The molecule has 15 heavy (non-hydrogen) atoms. The van der Waals surface area contributed by atoms with Gasteiger partial charge in [-0.1, -0.05) is 0 Å². The molecule has 0 aromatic heterocycles. The molecule has 0 atom stereocenters. The largest absolute Gasteiger partial charge is 0.508 e. The van der Waals surface area contributed by atoms with Gasteiger partial charge in [0.1, 0.15) is 11.5 Å². The maximum Gasteiger partial charge on any atom is 0.416 e. The Morgan fingerprint density at radius 2 is 1.93 bits per heavy atom. The van der Waals surface area contributed by atoms with Gasteiger partial charge in [0.2, 0.25) is 0 Å². The Labute approximate surface area is 85.3 Å². The number of benzene rings is 1. The third kappa shape index (κ3) is 2.55. The Morgan fingerprint density at radius 3 is 2.40 bits per heavy atom. The van der Waals surface area contributed by atoms with Gasteiger partial charge in [-0.2, -0.15) is 13.2 Å². The van der Waals surface area contributed by atoms with Crippen LogP contribution >= 0.6 is 0 Å². The number of aromatic hydroxyl groups is 1. The van der Waals surface area contributed by atoms with Crippen LogP contribution in [0.3, 0.4) is 0 Å². The summed E-state index contributed by atoms with van der Waals surface area (Å²) in [4.78, 5) is 0. The molecule has 1 aromatic carbocycles. The van der Waals surface area contributed by atoms with Crippen molar-refractivity contribution in [3.8, 4) is 11.5 Å². The topological polar surface area (TPSA) is 29.5 Å². The van der Waals surface area contributed by atoms with Gasteiger partial charge >= 0.3 is 6.18 Å².